The topological polar surface area (TPSA) is 52.6 Å². The molecule has 4 rings (SSSR count). The van der Waals surface area contributed by atoms with Crippen LogP contribution in [0.4, 0.5) is 0 Å². The molecule has 2 aromatic rings. The van der Waals surface area contributed by atoms with Crippen LogP contribution in [0.5, 0.6) is 0 Å². The Kier molecular flexibility index (Phi) is 4.21. The van der Waals surface area contributed by atoms with Gasteiger partial charge in [-0.1, -0.05) is 36.4 Å². The Hall–Kier alpha value is -2.72. The van der Waals surface area contributed by atoms with Gasteiger partial charge in [-0.15, -0.1) is 0 Å². The van der Waals surface area contributed by atoms with Crippen molar-refractivity contribution in [3.8, 4) is 0 Å². The molecule has 2 aromatic carbocycles. The molecule has 1 saturated heterocycles. The second kappa shape index (κ2) is 6.54. The highest BCUT2D eigenvalue weighted by Gasteiger charge is 2.49. The van der Waals surface area contributed by atoms with Crippen LogP contribution in [0.1, 0.15) is 18.9 Å². The minimum Gasteiger partial charge on any atom is -0.463 e. The molecule has 2 aliphatic rings. The van der Waals surface area contributed by atoms with Gasteiger partial charge in [0, 0.05) is 18.4 Å². The van der Waals surface area contributed by atoms with Crippen LogP contribution in [-0.4, -0.2) is 25.0 Å². The van der Waals surface area contributed by atoms with Crippen LogP contribution in [0.3, 0.4) is 0 Å². The number of benzene rings is 2. The van der Waals surface area contributed by atoms with Crippen molar-refractivity contribution in [3.63, 3.8) is 0 Å². The third-order valence-corrected chi connectivity index (χ3v) is 5.16. The quantitative estimate of drug-likeness (QED) is 0.627. The molecule has 0 amide bonds. The molecule has 1 aliphatic carbocycles. The Morgan fingerprint density at radius 1 is 1.27 bits per heavy atom. The van der Waals surface area contributed by atoms with Crippen molar-refractivity contribution >= 4 is 22.5 Å². The highest BCUT2D eigenvalue weighted by Crippen LogP contribution is 2.49. The summed E-state index contributed by atoms with van der Waals surface area (Å²) < 4.78 is 11.2. The molecule has 4 nitrogen and oxygen atoms in total. The average Bonchev–Trinajstić information content (AvgIpc) is 3.00. The first-order chi connectivity index (χ1) is 12.6. The van der Waals surface area contributed by atoms with Crippen molar-refractivity contribution in [2.45, 2.75) is 18.9 Å². The third-order valence-electron chi connectivity index (χ3n) is 5.16. The molecule has 26 heavy (non-hydrogen) atoms. The first kappa shape index (κ1) is 16.7. The largest absolute Gasteiger partial charge is 0.463 e. The van der Waals surface area contributed by atoms with E-state index in [2.05, 4.69) is 24.3 Å². The highest BCUT2D eigenvalue weighted by molar-refractivity contribution is 5.92. The minimum absolute atomic E-state index is 0.0478. The SMILES string of the molecule is CCOC(=O)/C=C1/CO[C@]2(c3ccc4ccccc4c3)C=CC(=O)CC12. The molecule has 1 heterocycles. The summed E-state index contributed by atoms with van der Waals surface area (Å²) in [6, 6.07) is 14.4. The number of carbonyl (C=O) groups is 2. The number of allylic oxidation sites excluding steroid dienone is 1. The number of ether oxygens (including phenoxy) is 2. The molecule has 132 valence electrons. The molecule has 1 unspecified atom stereocenters. The number of esters is 1. The van der Waals surface area contributed by atoms with Gasteiger partial charge in [0.15, 0.2) is 5.78 Å². The fourth-order valence-electron chi connectivity index (χ4n) is 3.90. The highest BCUT2D eigenvalue weighted by atomic mass is 16.5. The number of hydrogen-bond donors (Lipinski definition) is 0. The Balaban J connectivity index is 1.79. The number of rotatable bonds is 3. The molecule has 0 radical (unpaired) electrons. The fraction of sp³-hybridized carbons (Fsp3) is 0.273. The van der Waals surface area contributed by atoms with Gasteiger partial charge >= 0.3 is 5.97 Å². The Morgan fingerprint density at radius 3 is 2.88 bits per heavy atom. The Bertz CT molecular complexity index is 940. The van der Waals surface area contributed by atoms with E-state index in [1.165, 1.54) is 6.08 Å². The molecule has 1 fully saturated rings. The summed E-state index contributed by atoms with van der Waals surface area (Å²) in [5.74, 6) is -0.528. The third kappa shape index (κ3) is 2.76. The van der Waals surface area contributed by atoms with Crippen LogP contribution >= 0.6 is 0 Å². The molecule has 0 saturated carbocycles. The van der Waals surface area contributed by atoms with Gasteiger partial charge in [-0.3, -0.25) is 4.79 Å². The van der Waals surface area contributed by atoms with Gasteiger partial charge in [0.2, 0.25) is 0 Å². The monoisotopic (exact) mass is 348 g/mol. The normalized spacial score (nSPS) is 26.3. The van der Waals surface area contributed by atoms with Gasteiger partial charge in [0.05, 0.1) is 13.2 Å². The average molecular weight is 348 g/mol. The lowest BCUT2D eigenvalue weighted by Gasteiger charge is -2.34. The van der Waals surface area contributed by atoms with Gasteiger partial charge in [0.25, 0.3) is 0 Å². The summed E-state index contributed by atoms with van der Waals surface area (Å²) in [4.78, 5) is 24.0. The van der Waals surface area contributed by atoms with Gasteiger partial charge in [-0.05, 0) is 47.1 Å². The van der Waals surface area contributed by atoms with E-state index in [-0.39, 0.29) is 17.7 Å². The van der Waals surface area contributed by atoms with Gasteiger partial charge in [-0.2, -0.15) is 0 Å². The van der Waals surface area contributed by atoms with Crippen LogP contribution in [0, 0.1) is 5.92 Å². The summed E-state index contributed by atoms with van der Waals surface area (Å²) in [6.07, 6.45) is 5.26. The second-order valence-electron chi connectivity index (χ2n) is 6.67. The Labute approximate surface area is 152 Å². The van der Waals surface area contributed by atoms with E-state index < -0.39 is 5.60 Å². The molecule has 0 spiro atoms. The summed E-state index contributed by atoms with van der Waals surface area (Å²) in [5, 5.41) is 2.27. The van der Waals surface area contributed by atoms with E-state index in [1.807, 2.05) is 24.3 Å². The van der Waals surface area contributed by atoms with Crippen LogP contribution in [0.2, 0.25) is 0 Å². The molecule has 0 bridgehead atoms. The standard InChI is InChI=1S/C22H20O4/c1-2-25-21(24)12-17-14-26-22(10-9-19(23)13-20(17)22)18-8-7-15-5-3-4-6-16(15)11-18/h3-12,20H,2,13-14H2,1H3/b17-12-/t20?,22-/m0/s1. The van der Waals surface area contributed by atoms with Crippen LogP contribution < -0.4 is 0 Å². The van der Waals surface area contributed by atoms with Crippen molar-refractivity contribution in [3.05, 3.63) is 71.8 Å². The van der Waals surface area contributed by atoms with E-state index in [9.17, 15) is 9.59 Å². The van der Waals surface area contributed by atoms with E-state index >= 15 is 0 Å². The predicted octanol–water partition coefficient (Wildman–Crippen LogP) is 3.70. The number of carbonyl (C=O) groups excluding carboxylic acids is 2. The zero-order chi connectivity index (χ0) is 18.1. The summed E-state index contributed by atoms with van der Waals surface area (Å²) in [5.41, 5.74) is 1.10. The molecule has 4 heteroatoms. The molecule has 0 N–H and O–H groups in total. The first-order valence-corrected chi connectivity index (χ1v) is 8.85. The maximum absolute atomic E-state index is 12.1. The predicted molar refractivity (Wildman–Crippen MR) is 98.5 cm³/mol. The lowest BCUT2D eigenvalue weighted by atomic mass is 9.73. The van der Waals surface area contributed by atoms with Crippen molar-refractivity contribution in [1.29, 1.82) is 0 Å². The van der Waals surface area contributed by atoms with Crippen molar-refractivity contribution < 1.29 is 19.1 Å². The van der Waals surface area contributed by atoms with Crippen LogP contribution in [0.15, 0.2) is 66.3 Å². The number of hydrogen-bond acceptors (Lipinski definition) is 4. The minimum atomic E-state index is -0.712. The maximum atomic E-state index is 12.1. The lowest BCUT2D eigenvalue weighted by Crippen LogP contribution is -2.35. The lowest BCUT2D eigenvalue weighted by molar-refractivity contribution is -0.137. The molecule has 2 atom stereocenters. The molecular weight excluding hydrogens is 328 g/mol. The van der Waals surface area contributed by atoms with Gasteiger partial charge in [-0.25, -0.2) is 4.79 Å². The molecule has 0 aromatic heterocycles. The van der Waals surface area contributed by atoms with Gasteiger partial charge in [0.1, 0.15) is 5.60 Å². The summed E-state index contributed by atoms with van der Waals surface area (Å²) in [7, 11) is 0. The maximum Gasteiger partial charge on any atom is 0.330 e. The summed E-state index contributed by atoms with van der Waals surface area (Å²) >= 11 is 0. The number of ketones is 1. The van der Waals surface area contributed by atoms with Crippen molar-refractivity contribution in [2.75, 3.05) is 13.2 Å². The van der Waals surface area contributed by atoms with E-state index in [0.29, 0.717) is 19.6 Å². The van der Waals surface area contributed by atoms with Crippen LogP contribution in [-0.2, 0) is 24.7 Å². The summed E-state index contributed by atoms with van der Waals surface area (Å²) in [6.45, 7) is 2.41. The number of fused-ring (bicyclic) bond motifs is 2. The van der Waals surface area contributed by atoms with E-state index in [1.54, 1.807) is 13.0 Å². The van der Waals surface area contributed by atoms with Crippen LogP contribution in [0.25, 0.3) is 10.8 Å². The smallest absolute Gasteiger partial charge is 0.330 e. The molecule has 1 aliphatic heterocycles. The Morgan fingerprint density at radius 2 is 2.08 bits per heavy atom. The second-order valence-corrected chi connectivity index (χ2v) is 6.67. The van der Waals surface area contributed by atoms with E-state index in [4.69, 9.17) is 9.47 Å². The van der Waals surface area contributed by atoms with E-state index in [0.717, 1.165) is 21.9 Å². The van der Waals surface area contributed by atoms with Crippen molar-refractivity contribution in [1.82, 2.24) is 0 Å². The fourth-order valence-corrected chi connectivity index (χ4v) is 3.90. The van der Waals surface area contributed by atoms with Gasteiger partial charge < -0.3 is 9.47 Å². The molecular formula is C22H20O4. The first-order valence-electron chi connectivity index (χ1n) is 8.85. The zero-order valence-electron chi connectivity index (χ0n) is 14.6. The van der Waals surface area contributed by atoms with Crippen molar-refractivity contribution in [2.24, 2.45) is 5.92 Å². The zero-order valence-corrected chi connectivity index (χ0v) is 14.6.